The van der Waals surface area contributed by atoms with Gasteiger partial charge in [0.1, 0.15) is 6.54 Å². The number of carbonyl (C=O) groups is 2. The number of nitrogens with zero attached hydrogens (tertiary/aromatic N) is 2. The third-order valence-corrected chi connectivity index (χ3v) is 3.50. The van der Waals surface area contributed by atoms with E-state index >= 15 is 0 Å². The van der Waals surface area contributed by atoms with Crippen molar-refractivity contribution in [2.75, 3.05) is 18.4 Å². The molecule has 18 heavy (non-hydrogen) atoms. The van der Waals surface area contributed by atoms with Gasteiger partial charge >= 0.3 is 12.0 Å². The maximum atomic E-state index is 11.8. The molecule has 1 aliphatic rings. The summed E-state index contributed by atoms with van der Waals surface area (Å²) in [5.74, 6) is -0.474. The molecule has 0 spiro atoms. The molecule has 1 aliphatic carbocycles. The summed E-state index contributed by atoms with van der Waals surface area (Å²) in [6.45, 7) is 1.78. The molecule has 0 bridgehead atoms. The van der Waals surface area contributed by atoms with Crippen LogP contribution in [0.3, 0.4) is 0 Å². The zero-order valence-corrected chi connectivity index (χ0v) is 10.9. The van der Waals surface area contributed by atoms with Gasteiger partial charge in [-0.15, -0.1) is 11.3 Å². The highest BCUT2D eigenvalue weighted by Gasteiger charge is 2.26. The summed E-state index contributed by atoms with van der Waals surface area (Å²) in [6, 6.07) is -0.420. The second-order valence-corrected chi connectivity index (χ2v) is 5.05. The number of rotatable bonds is 5. The average molecular weight is 269 g/mol. The standard InChI is InChI=1S/C11H15N3O3S/c1-2-14(5-9(15)16)11(17)13-10-12-8(6-18-10)7-3-4-7/h6-7H,2-5H2,1H3,(H,15,16)(H,12,13,17). The van der Waals surface area contributed by atoms with Gasteiger partial charge in [0, 0.05) is 17.8 Å². The van der Waals surface area contributed by atoms with E-state index in [1.54, 1.807) is 6.92 Å². The number of hydrogen-bond acceptors (Lipinski definition) is 4. The predicted octanol–water partition coefficient (Wildman–Crippen LogP) is 1.96. The summed E-state index contributed by atoms with van der Waals surface area (Å²) in [6.07, 6.45) is 2.33. The predicted molar refractivity (Wildman–Crippen MR) is 68.0 cm³/mol. The Balaban J connectivity index is 1.93. The fourth-order valence-electron chi connectivity index (χ4n) is 1.57. The molecule has 1 aromatic heterocycles. The van der Waals surface area contributed by atoms with Gasteiger partial charge < -0.3 is 10.0 Å². The van der Waals surface area contributed by atoms with Crippen molar-refractivity contribution in [3.05, 3.63) is 11.1 Å². The minimum absolute atomic E-state index is 0.302. The first kappa shape index (κ1) is 12.8. The number of hydrogen-bond donors (Lipinski definition) is 2. The van der Waals surface area contributed by atoms with E-state index in [-0.39, 0.29) is 6.54 Å². The maximum Gasteiger partial charge on any atom is 0.324 e. The van der Waals surface area contributed by atoms with Crippen molar-refractivity contribution in [1.82, 2.24) is 9.88 Å². The third-order valence-electron chi connectivity index (χ3n) is 2.73. The van der Waals surface area contributed by atoms with Crippen molar-refractivity contribution in [3.8, 4) is 0 Å². The molecular formula is C11H15N3O3S. The number of carboxylic acids is 1. The molecule has 0 aromatic carbocycles. The van der Waals surface area contributed by atoms with Crippen LogP contribution in [-0.4, -0.2) is 40.1 Å². The van der Waals surface area contributed by atoms with Gasteiger partial charge in [0.15, 0.2) is 5.13 Å². The first-order chi connectivity index (χ1) is 8.60. The van der Waals surface area contributed by atoms with E-state index in [0.717, 1.165) is 18.5 Å². The van der Waals surface area contributed by atoms with E-state index in [2.05, 4.69) is 10.3 Å². The van der Waals surface area contributed by atoms with E-state index in [1.165, 1.54) is 16.2 Å². The largest absolute Gasteiger partial charge is 0.480 e. The van der Waals surface area contributed by atoms with Crippen molar-refractivity contribution >= 4 is 28.5 Å². The molecule has 0 aliphatic heterocycles. The van der Waals surface area contributed by atoms with Crippen molar-refractivity contribution < 1.29 is 14.7 Å². The molecular weight excluding hydrogens is 254 g/mol. The number of carbonyl (C=O) groups excluding carboxylic acids is 1. The topological polar surface area (TPSA) is 82.5 Å². The zero-order valence-electron chi connectivity index (χ0n) is 10.0. The van der Waals surface area contributed by atoms with Gasteiger partial charge in [-0.3, -0.25) is 10.1 Å². The molecule has 0 saturated heterocycles. The molecule has 1 aromatic rings. The molecule has 0 unspecified atom stereocenters. The van der Waals surface area contributed by atoms with Crippen molar-refractivity contribution in [2.24, 2.45) is 0 Å². The smallest absolute Gasteiger partial charge is 0.324 e. The van der Waals surface area contributed by atoms with Crippen LogP contribution in [-0.2, 0) is 4.79 Å². The van der Waals surface area contributed by atoms with E-state index in [1.807, 2.05) is 5.38 Å². The van der Waals surface area contributed by atoms with Gasteiger partial charge in [0.2, 0.25) is 0 Å². The lowest BCUT2D eigenvalue weighted by molar-refractivity contribution is -0.137. The van der Waals surface area contributed by atoms with Gasteiger partial charge in [-0.2, -0.15) is 0 Å². The number of urea groups is 1. The highest BCUT2D eigenvalue weighted by molar-refractivity contribution is 7.13. The summed E-state index contributed by atoms with van der Waals surface area (Å²) >= 11 is 1.38. The lowest BCUT2D eigenvalue weighted by atomic mass is 10.3. The number of nitrogens with one attached hydrogen (secondary N) is 1. The van der Waals surface area contributed by atoms with Crippen molar-refractivity contribution in [1.29, 1.82) is 0 Å². The fourth-order valence-corrected chi connectivity index (χ4v) is 2.35. The molecule has 2 rings (SSSR count). The molecule has 2 amide bonds. The van der Waals surface area contributed by atoms with Crippen LogP contribution in [0, 0.1) is 0 Å². The summed E-state index contributed by atoms with van der Waals surface area (Å²) in [4.78, 5) is 27.9. The maximum absolute atomic E-state index is 11.8. The Kier molecular flexibility index (Phi) is 3.81. The van der Waals surface area contributed by atoms with Gasteiger partial charge in [-0.05, 0) is 19.8 Å². The number of amides is 2. The van der Waals surface area contributed by atoms with Crippen molar-refractivity contribution in [3.63, 3.8) is 0 Å². The number of thiazole rings is 1. The van der Waals surface area contributed by atoms with Crippen LogP contribution in [0.2, 0.25) is 0 Å². The highest BCUT2D eigenvalue weighted by atomic mass is 32.1. The van der Waals surface area contributed by atoms with Crippen LogP contribution in [0.1, 0.15) is 31.4 Å². The highest BCUT2D eigenvalue weighted by Crippen LogP contribution is 2.40. The fraction of sp³-hybridized carbons (Fsp3) is 0.545. The Bertz CT molecular complexity index is 456. The third kappa shape index (κ3) is 3.19. The summed E-state index contributed by atoms with van der Waals surface area (Å²) in [5.41, 5.74) is 1.02. The molecule has 98 valence electrons. The molecule has 0 atom stereocenters. The van der Waals surface area contributed by atoms with Crippen LogP contribution >= 0.6 is 11.3 Å². The molecule has 1 saturated carbocycles. The van der Waals surface area contributed by atoms with Crippen LogP contribution in [0.25, 0.3) is 0 Å². The van der Waals surface area contributed by atoms with Crippen LogP contribution < -0.4 is 5.32 Å². The number of aliphatic carboxylic acids is 1. The zero-order chi connectivity index (χ0) is 13.1. The number of likely N-dealkylation sites (N-methyl/N-ethyl adjacent to an activating group) is 1. The van der Waals surface area contributed by atoms with E-state index in [9.17, 15) is 9.59 Å². The monoisotopic (exact) mass is 269 g/mol. The number of carboxylic acid groups (broad SMARTS) is 1. The van der Waals surface area contributed by atoms with Crippen LogP contribution in [0.5, 0.6) is 0 Å². The summed E-state index contributed by atoms with van der Waals surface area (Å²) in [5, 5.41) is 13.8. The SMILES string of the molecule is CCN(CC(=O)O)C(=O)Nc1nc(C2CC2)cs1. The molecule has 1 fully saturated rings. The Labute approximate surface area is 109 Å². The Morgan fingerprint density at radius 3 is 2.89 bits per heavy atom. The molecule has 0 radical (unpaired) electrons. The Hall–Kier alpha value is -1.63. The molecule has 1 heterocycles. The summed E-state index contributed by atoms with van der Waals surface area (Å²) < 4.78 is 0. The summed E-state index contributed by atoms with van der Waals surface area (Å²) in [7, 11) is 0. The molecule has 6 nitrogen and oxygen atoms in total. The minimum atomic E-state index is -1.02. The quantitative estimate of drug-likeness (QED) is 0.856. The Morgan fingerprint density at radius 1 is 1.61 bits per heavy atom. The lowest BCUT2D eigenvalue weighted by Gasteiger charge is -2.17. The van der Waals surface area contributed by atoms with Gasteiger partial charge in [0.25, 0.3) is 0 Å². The second kappa shape index (κ2) is 5.34. The molecule has 7 heteroatoms. The van der Waals surface area contributed by atoms with Crippen LogP contribution in [0.15, 0.2) is 5.38 Å². The normalized spacial score (nSPS) is 14.3. The van der Waals surface area contributed by atoms with E-state index in [0.29, 0.717) is 17.6 Å². The average Bonchev–Trinajstić information content (AvgIpc) is 3.07. The minimum Gasteiger partial charge on any atom is -0.480 e. The molecule has 2 N–H and O–H groups in total. The van der Waals surface area contributed by atoms with Gasteiger partial charge in [0.05, 0.1) is 5.69 Å². The van der Waals surface area contributed by atoms with Crippen LogP contribution in [0.4, 0.5) is 9.93 Å². The Morgan fingerprint density at radius 2 is 2.33 bits per heavy atom. The van der Waals surface area contributed by atoms with E-state index < -0.39 is 12.0 Å². The first-order valence-corrected chi connectivity index (χ1v) is 6.71. The van der Waals surface area contributed by atoms with Gasteiger partial charge in [-0.25, -0.2) is 9.78 Å². The number of anilines is 1. The number of aromatic nitrogens is 1. The van der Waals surface area contributed by atoms with Crippen molar-refractivity contribution in [2.45, 2.75) is 25.7 Å². The second-order valence-electron chi connectivity index (χ2n) is 4.19. The van der Waals surface area contributed by atoms with E-state index in [4.69, 9.17) is 5.11 Å². The van der Waals surface area contributed by atoms with Gasteiger partial charge in [-0.1, -0.05) is 0 Å². The lowest BCUT2D eigenvalue weighted by Crippen LogP contribution is -2.38. The first-order valence-electron chi connectivity index (χ1n) is 5.83.